The molecule has 90 valence electrons. The van der Waals surface area contributed by atoms with Gasteiger partial charge in [-0.3, -0.25) is 4.79 Å². The minimum atomic E-state index is -0.211. The molecule has 0 spiro atoms. The molecule has 0 aliphatic rings. The van der Waals surface area contributed by atoms with Crippen molar-refractivity contribution in [3.63, 3.8) is 0 Å². The van der Waals surface area contributed by atoms with E-state index >= 15 is 0 Å². The van der Waals surface area contributed by atoms with Crippen molar-refractivity contribution >= 4 is 5.91 Å². The Bertz CT molecular complexity index is 334. The zero-order valence-corrected chi connectivity index (χ0v) is 9.95. The summed E-state index contributed by atoms with van der Waals surface area (Å²) in [7, 11) is 1.63. The summed E-state index contributed by atoms with van der Waals surface area (Å²) >= 11 is 0. The first-order chi connectivity index (χ1) is 7.66. The molecular formula is C11H18N2O3. The van der Waals surface area contributed by atoms with Crippen molar-refractivity contribution in [2.75, 3.05) is 20.3 Å². The number of amides is 1. The van der Waals surface area contributed by atoms with Gasteiger partial charge in [0.1, 0.15) is 0 Å². The third kappa shape index (κ3) is 3.34. The van der Waals surface area contributed by atoms with E-state index < -0.39 is 0 Å². The van der Waals surface area contributed by atoms with Crippen LogP contribution in [-0.2, 0) is 4.74 Å². The average molecular weight is 226 g/mol. The van der Waals surface area contributed by atoms with Crippen molar-refractivity contribution in [3.05, 3.63) is 17.8 Å². The van der Waals surface area contributed by atoms with Crippen LogP contribution in [0.15, 0.2) is 10.8 Å². The molecule has 0 bridgehead atoms. The van der Waals surface area contributed by atoms with Crippen LogP contribution in [0.25, 0.3) is 0 Å². The lowest BCUT2D eigenvalue weighted by atomic mass is 10.1. The van der Waals surface area contributed by atoms with E-state index in [0.29, 0.717) is 24.6 Å². The maximum Gasteiger partial charge on any atom is 0.289 e. The number of hydrogen-bond acceptors (Lipinski definition) is 4. The molecular weight excluding hydrogens is 208 g/mol. The largest absolute Gasteiger partial charge is 0.438 e. The molecule has 1 amide bonds. The van der Waals surface area contributed by atoms with E-state index in [9.17, 15) is 4.79 Å². The van der Waals surface area contributed by atoms with Gasteiger partial charge in [-0.2, -0.15) is 0 Å². The summed E-state index contributed by atoms with van der Waals surface area (Å²) in [4.78, 5) is 15.7. The average Bonchev–Trinajstić information content (AvgIpc) is 2.73. The van der Waals surface area contributed by atoms with E-state index in [4.69, 9.17) is 9.15 Å². The maximum absolute atomic E-state index is 11.7. The molecule has 1 aromatic rings. The number of oxazole rings is 1. The van der Waals surface area contributed by atoms with Gasteiger partial charge in [0.25, 0.3) is 5.91 Å². The third-order valence-electron chi connectivity index (χ3n) is 2.16. The van der Waals surface area contributed by atoms with Gasteiger partial charge in [0.15, 0.2) is 6.39 Å². The molecule has 1 N–H and O–H groups in total. The number of methoxy groups -OCH3 is 1. The van der Waals surface area contributed by atoms with Gasteiger partial charge < -0.3 is 14.5 Å². The minimum Gasteiger partial charge on any atom is -0.438 e. The van der Waals surface area contributed by atoms with Gasteiger partial charge in [0.05, 0.1) is 5.69 Å². The second-order valence-corrected chi connectivity index (χ2v) is 3.82. The number of nitrogens with one attached hydrogen (secondary N) is 1. The van der Waals surface area contributed by atoms with Gasteiger partial charge in [-0.05, 0) is 12.3 Å². The van der Waals surface area contributed by atoms with Crippen molar-refractivity contribution in [1.82, 2.24) is 10.3 Å². The van der Waals surface area contributed by atoms with Crippen LogP contribution < -0.4 is 5.32 Å². The summed E-state index contributed by atoms with van der Waals surface area (Å²) in [6, 6.07) is 0. The number of nitrogens with zero attached hydrogens (tertiary/aromatic N) is 1. The first-order valence-corrected chi connectivity index (χ1v) is 5.37. The number of aromatic nitrogens is 1. The summed E-state index contributed by atoms with van der Waals surface area (Å²) in [6.45, 7) is 5.15. The molecule has 0 aliphatic carbocycles. The highest BCUT2D eigenvalue weighted by molar-refractivity contribution is 5.92. The van der Waals surface area contributed by atoms with Gasteiger partial charge in [-0.15, -0.1) is 0 Å². The number of carbonyl (C=O) groups excluding carboxylic acids is 1. The smallest absolute Gasteiger partial charge is 0.289 e. The zero-order valence-electron chi connectivity index (χ0n) is 9.95. The second-order valence-electron chi connectivity index (χ2n) is 3.82. The van der Waals surface area contributed by atoms with E-state index in [1.165, 1.54) is 6.39 Å². The highest BCUT2D eigenvalue weighted by Crippen LogP contribution is 2.16. The van der Waals surface area contributed by atoms with Crippen molar-refractivity contribution < 1.29 is 13.9 Å². The highest BCUT2D eigenvalue weighted by atomic mass is 16.5. The third-order valence-corrected chi connectivity index (χ3v) is 2.16. The lowest BCUT2D eigenvalue weighted by molar-refractivity contribution is 0.0919. The Balaban J connectivity index is 2.49. The molecule has 0 unspecified atom stereocenters. The Hall–Kier alpha value is -1.36. The lowest BCUT2D eigenvalue weighted by Crippen LogP contribution is -2.25. The number of rotatable bonds is 6. The summed E-state index contributed by atoms with van der Waals surface area (Å²) < 4.78 is 9.98. The molecule has 1 rings (SSSR count). The van der Waals surface area contributed by atoms with Gasteiger partial charge >= 0.3 is 0 Å². The normalized spacial score (nSPS) is 10.8. The van der Waals surface area contributed by atoms with Crippen LogP contribution in [0.1, 0.15) is 42.4 Å². The van der Waals surface area contributed by atoms with E-state index in [-0.39, 0.29) is 11.8 Å². The van der Waals surface area contributed by atoms with Crippen molar-refractivity contribution in [1.29, 1.82) is 0 Å². The molecule has 0 fully saturated rings. The number of hydrogen-bond donors (Lipinski definition) is 1. The first-order valence-electron chi connectivity index (χ1n) is 5.37. The quantitative estimate of drug-likeness (QED) is 0.748. The van der Waals surface area contributed by atoms with E-state index in [2.05, 4.69) is 10.3 Å². The van der Waals surface area contributed by atoms with Crippen LogP contribution in [0.5, 0.6) is 0 Å². The summed E-state index contributed by atoms with van der Waals surface area (Å²) in [5, 5.41) is 2.76. The Labute approximate surface area is 95.2 Å². The van der Waals surface area contributed by atoms with Gasteiger partial charge in [-0.25, -0.2) is 4.98 Å². The zero-order chi connectivity index (χ0) is 12.0. The number of carbonyl (C=O) groups is 1. The maximum atomic E-state index is 11.7. The van der Waals surface area contributed by atoms with Gasteiger partial charge in [0.2, 0.25) is 5.76 Å². The molecule has 1 heterocycles. The summed E-state index contributed by atoms with van der Waals surface area (Å²) in [6.07, 6.45) is 2.09. The topological polar surface area (TPSA) is 64.4 Å². The molecule has 16 heavy (non-hydrogen) atoms. The number of ether oxygens (including phenoxy) is 1. The predicted octanol–water partition coefficient (Wildman–Crippen LogP) is 1.56. The van der Waals surface area contributed by atoms with Crippen LogP contribution in [0, 0.1) is 0 Å². The fourth-order valence-electron chi connectivity index (χ4n) is 1.33. The Morgan fingerprint density at radius 1 is 1.62 bits per heavy atom. The standard InChI is InChI=1S/C11H18N2O3/c1-8(2)9-10(16-7-13-9)11(14)12-5-4-6-15-3/h7-8H,4-6H2,1-3H3,(H,12,14). The molecule has 0 atom stereocenters. The first kappa shape index (κ1) is 12.7. The van der Waals surface area contributed by atoms with Crippen molar-refractivity contribution in [2.45, 2.75) is 26.2 Å². The summed E-state index contributed by atoms with van der Waals surface area (Å²) in [5.74, 6) is 0.281. The molecule has 0 aromatic carbocycles. The fraction of sp³-hybridized carbons (Fsp3) is 0.636. The van der Waals surface area contributed by atoms with E-state index in [1.54, 1.807) is 7.11 Å². The fourth-order valence-corrected chi connectivity index (χ4v) is 1.33. The van der Waals surface area contributed by atoms with Crippen molar-refractivity contribution in [2.24, 2.45) is 0 Å². The molecule has 1 aromatic heterocycles. The minimum absolute atomic E-state index is 0.179. The second kappa shape index (κ2) is 6.27. The van der Waals surface area contributed by atoms with E-state index in [0.717, 1.165) is 6.42 Å². The van der Waals surface area contributed by atoms with Gasteiger partial charge in [-0.1, -0.05) is 13.8 Å². The Morgan fingerprint density at radius 2 is 2.38 bits per heavy atom. The van der Waals surface area contributed by atoms with Crippen LogP contribution in [-0.4, -0.2) is 31.2 Å². The van der Waals surface area contributed by atoms with Crippen LogP contribution in [0.4, 0.5) is 0 Å². The van der Waals surface area contributed by atoms with Gasteiger partial charge in [0, 0.05) is 20.3 Å². The lowest BCUT2D eigenvalue weighted by Gasteiger charge is -2.05. The van der Waals surface area contributed by atoms with Crippen LogP contribution in [0.2, 0.25) is 0 Å². The van der Waals surface area contributed by atoms with E-state index in [1.807, 2.05) is 13.8 Å². The van der Waals surface area contributed by atoms with Crippen LogP contribution >= 0.6 is 0 Å². The van der Waals surface area contributed by atoms with Crippen LogP contribution in [0.3, 0.4) is 0 Å². The molecule has 0 aliphatic heterocycles. The molecule has 0 saturated carbocycles. The van der Waals surface area contributed by atoms with Crippen molar-refractivity contribution in [3.8, 4) is 0 Å². The molecule has 5 heteroatoms. The monoisotopic (exact) mass is 226 g/mol. The molecule has 5 nitrogen and oxygen atoms in total. The predicted molar refractivity (Wildman–Crippen MR) is 59.4 cm³/mol. The SMILES string of the molecule is COCCCNC(=O)c1ocnc1C(C)C. The Kier molecular flexibility index (Phi) is 4.98. The molecule has 0 radical (unpaired) electrons. The summed E-state index contributed by atoms with van der Waals surface area (Å²) in [5.41, 5.74) is 0.698. The molecule has 0 saturated heterocycles. The highest BCUT2D eigenvalue weighted by Gasteiger charge is 2.18. The Morgan fingerprint density at radius 3 is 3.00 bits per heavy atom.